The highest BCUT2D eigenvalue weighted by molar-refractivity contribution is 9.10. The van der Waals surface area contributed by atoms with Crippen molar-refractivity contribution in [2.45, 2.75) is 0 Å². The highest BCUT2D eigenvalue weighted by Crippen LogP contribution is 2.29. The summed E-state index contributed by atoms with van der Waals surface area (Å²) in [6.45, 7) is 0. The second-order valence-corrected chi connectivity index (χ2v) is 4.92. The Morgan fingerprint density at radius 3 is 2.78 bits per heavy atom. The van der Waals surface area contributed by atoms with Crippen LogP contribution in [0.3, 0.4) is 0 Å². The fraction of sp³-hybridized carbons (Fsp3) is 0. The van der Waals surface area contributed by atoms with Gasteiger partial charge < -0.3 is 10.4 Å². The van der Waals surface area contributed by atoms with Gasteiger partial charge >= 0.3 is 5.97 Å². The summed E-state index contributed by atoms with van der Waals surface area (Å²) in [5.41, 5.74) is 0.920. The molecule has 2 rings (SSSR count). The number of carboxylic acid groups (broad SMARTS) is 1. The van der Waals surface area contributed by atoms with Crippen molar-refractivity contribution in [1.82, 2.24) is 4.98 Å². The maximum Gasteiger partial charge on any atom is 0.357 e. The van der Waals surface area contributed by atoms with Crippen LogP contribution in [0, 0.1) is 11.6 Å². The quantitative estimate of drug-likeness (QED) is 0.841. The van der Waals surface area contributed by atoms with Gasteiger partial charge in [-0.15, -0.1) is 11.3 Å². The van der Waals surface area contributed by atoms with Crippen LogP contribution in [0.4, 0.5) is 19.5 Å². The minimum absolute atomic E-state index is 0.00619. The fourth-order valence-electron chi connectivity index (χ4n) is 1.23. The Kier molecular flexibility index (Phi) is 3.58. The molecule has 2 aromatic rings. The van der Waals surface area contributed by atoms with Gasteiger partial charge in [0.15, 0.2) is 5.69 Å². The van der Waals surface area contributed by atoms with Crippen LogP contribution in [-0.4, -0.2) is 16.1 Å². The average molecular weight is 335 g/mol. The van der Waals surface area contributed by atoms with Crippen molar-refractivity contribution in [1.29, 1.82) is 0 Å². The first-order valence-corrected chi connectivity index (χ1v) is 6.24. The molecule has 18 heavy (non-hydrogen) atoms. The van der Waals surface area contributed by atoms with Gasteiger partial charge in [-0.05, 0) is 22.0 Å². The van der Waals surface area contributed by atoms with Gasteiger partial charge in [-0.2, -0.15) is 0 Å². The summed E-state index contributed by atoms with van der Waals surface area (Å²) in [6, 6.07) is 1.89. The van der Waals surface area contributed by atoms with Crippen LogP contribution in [0.25, 0.3) is 0 Å². The number of aromatic nitrogens is 1. The maximum atomic E-state index is 13.5. The van der Waals surface area contributed by atoms with Crippen molar-refractivity contribution >= 4 is 43.9 Å². The van der Waals surface area contributed by atoms with Crippen molar-refractivity contribution in [3.63, 3.8) is 0 Å². The number of rotatable bonds is 3. The number of nitrogens with zero attached hydrogens (tertiary/aromatic N) is 1. The minimum Gasteiger partial charge on any atom is -0.476 e. The third kappa shape index (κ3) is 2.49. The van der Waals surface area contributed by atoms with Crippen molar-refractivity contribution in [3.05, 3.63) is 39.4 Å². The van der Waals surface area contributed by atoms with E-state index in [0.29, 0.717) is 0 Å². The van der Waals surface area contributed by atoms with Crippen LogP contribution >= 0.6 is 27.3 Å². The Labute approximate surface area is 112 Å². The van der Waals surface area contributed by atoms with Gasteiger partial charge in [-0.3, -0.25) is 0 Å². The van der Waals surface area contributed by atoms with Crippen LogP contribution in [0.1, 0.15) is 10.5 Å². The topological polar surface area (TPSA) is 62.2 Å². The Hall–Kier alpha value is -1.54. The molecular weight excluding hydrogens is 330 g/mol. The van der Waals surface area contributed by atoms with Crippen molar-refractivity contribution in [2.75, 3.05) is 5.32 Å². The Morgan fingerprint density at radius 2 is 2.11 bits per heavy atom. The Balaban J connectivity index is 2.37. The first kappa shape index (κ1) is 12.9. The second-order valence-electron chi connectivity index (χ2n) is 3.21. The molecule has 0 saturated carbocycles. The van der Waals surface area contributed by atoms with Gasteiger partial charge in [0.1, 0.15) is 16.6 Å². The molecule has 94 valence electrons. The maximum absolute atomic E-state index is 13.5. The predicted molar refractivity (Wildman–Crippen MR) is 66.4 cm³/mol. The molecule has 0 bridgehead atoms. The lowest BCUT2D eigenvalue weighted by molar-refractivity contribution is 0.0692. The van der Waals surface area contributed by atoms with Crippen LogP contribution in [0.5, 0.6) is 0 Å². The molecule has 0 atom stereocenters. The summed E-state index contributed by atoms with van der Waals surface area (Å²) in [5, 5.41) is 11.5. The molecule has 1 heterocycles. The third-order valence-corrected chi connectivity index (χ3v) is 3.38. The van der Waals surface area contributed by atoms with E-state index in [-0.39, 0.29) is 20.9 Å². The van der Waals surface area contributed by atoms with E-state index in [1.165, 1.54) is 5.51 Å². The summed E-state index contributed by atoms with van der Waals surface area (Å²) in [4.78, 5) is 14.4. The molecule has 0 aliphatic carbocycles. The van der Waals surface area contributed by atoms with E-state index in [4.69, 9.17) is 5.11 Å². The summed E-state index contributed by atoms with van der Waals surface area (Å²) < 4.78 is 26.8. The monoisotopic (exact) mass is 334 g/mol. The van der Waals surface area contributed by atoms with Gasteiger partial charge in [0.05, 0.1) is 15.7 Å². The molecule has 0 radical (unpaired) electrons. The highest BCUT2D eigenvalue weighted by Gasteiger charge is 2.16. The Bertz CT molecular complexity index is 618. The number of carboxylic acids is 1. The van der Waals surface area contributed by atoms with Crippen LogP contribution in [-0.2, 0) is 0 Å². The van der Waals surface area contributed by atoms with Crippen molar-refractivity contribution in [2.24, 2.45) is 0 Å². The van der Waals surface area contributed by atoms with Crippen LogP contribution < -0.4 is 5.32 Å². The zero-order valence-corrected chi connectivity index (χ0v) is 11.0. The SMILES string of the molecule is O=C(O)c1ncsc1Nc1cc(F)c(Br)cc1F. The largest absolute Gasteiger partial charge is 0.476 e. The van der Waals surface area contributed by atoms with Gasteiger partial charge in [0.25, 0.3) is 0 Å². The number of aromatic carboxylic acids is 1. The molecule has 0 saturated heterocycles. The second kappa shape index (κ2) is 4.99. The number of nitrogens with one attached hydrogen (secondary N) is 1. The highest BCUT2D eigenvalue weighted by atomic mass is 79.9. The number of carbonyl (C=O) groups is 1. The van der Waals surface area contributed by atoms with E-state index in [2.05, 4.69) is 26.2 Å². The number of anilines is 2. The lowest BCUT2D eigenvalue weighted by Crippen LogP contribution is -2.02. The minimum atomic E-state index is -1.24. The van der Waals surface area contributed by atoms with Crippen LogP contribution in [0.2, 0.25) is 0 Å². The molecule has 1 aromatic heterocycles. The molecule has 8 heteroatoms. The number of halogens is 3. The predicted octanol–water partition coefficient (Wildman–Crippen LogP) is 3.63. The van der Waals surface area contributed by atoms with E-state index in [9.17, 15) is 13.6 Å². The first-order chi connectivity index (χ1) is 8.49. The van der Waals surface area contributed by atoms with E-state index in [1.807, 2.05) is 0 Å². The summed E-state index contributed by atoms with van der Waals surface area (Å²) in [7, 11) is 0. The van der Waals surface area contributed by atoms with Gasteiger partial charge in [0.2, 0.25) is 0 Å². The number of hydrogen-bond donors (Lipinski definition) is 2. The van der Waals surface area contributed by atoms with E-state index in [1.54, 1.807) is 0 Å². The van der Waals surface area contributed by atoms with Gasteiger partial charge in [-0.1, -0.05) is 0 Å². The summed E-state index contributed by atoms with van der Waals surface area (Å²) in [6.07, 6.45) is 0. The zero-order chi connectivity index (χ0) is 13.3. The molecule has 2 N–H and O–H groups in total. The molecule has 1 aromatic carbocycles. The molecule has 4 nitrogen and oxygen atoms in total. The van der Waals surface area contributed by atoms with E-state index >= 15 is 0 Å². The molecule has 0 unspecified atom stereocenters. The Morgan fingerprint density at radius 1 is 1.39 bits per heavy atom. The normalized spacial score (nSPS) is 10.4. The third-order valence-electron chi connectivity index (χ3n) is 2.03. The first-order valence-electron chi connectivity index (χ1n) is 4.57. The van der Waals surface area contributed by atoms with E-state index < -0.39 is 17.6 Å². The standard InChI is InChI=1S/C10H5BrF2N2O2S/c11-4-1-6(13)7(2-5(4)12)15-9-8(10(16)17)14-3-18-9/h1-3,15H,(H,16,17). The molecule has 0 amide bonds. The fourth-order valence-corrected chi connectivity index (χ4v) is 2.23. The average Bonchev–Trinajstić information content (AvgIpc) is 2.74. The number of benzene rings is 1. The summed E-state index contributed by atoms with van der Waals surface area (Å²) >= 11 is 3.84. The number of hydrogen-bond acceptors (Lipinski definition) is 4. The van der Waals surface area contributed by atoms with Gasteiger partial charge in [-0.25, -0.2) is 18.6 Å². The summed E-state index contributed by atoms with van der Waals surface area (Å²) in [5.74, 6) is -2.59. The molecule has 0 aliphatic rings. The van der Waals surface area contributed by atoms with Gasteiger partial charge in [0, 0.05) is 6.07 Å². The lowest BCUT2D eigenvalue weighted by Gasteiger charge is -2.07. The molecular formula is C10H5BrF2N2O2S. The zero-order valence-electron chi connectivity index (χ0n) is 8.58. The lowest BCUT2D eigenvalue weighted by atomic mass is 10.3. The van der Waals surface area contributed by atoms with Crippen LogP contribution in [0.15, 0.2) is 22.1 Å². The smallest absolute Gasteiger partial charge is 0.357 e. The number of thiazole rings is 1. The van der Waals surface area contributed by atoms with Crippen molar-refractivity contribution in [3.8, 4) is 0 Å². The molecule has 0 fully saturated rings. The van der Waals surface area contributed by atoms with Crippen molar-refractivity contribution < 1.29 is 18.7 Å². The molecule has 0 aliphatic heterocycles. The van der Waals surface area contributed by atoms with E-state index in [0.717, 1.165) is 23.5 Å². The molecule has 0 spiro atoms.